The minimum atomic E-state index is -0.408. The number of ether oxygens (including phenoxy) is 2. The van der Waals surface area contributed by atoms with Crippen molar-refractivity contribution in [3.05, 3.63) is 35.4 Å². The van der Waals surface area contributed by atoms with Gasteiger partial charge in [0.1, 0.15) is 0 Å². The van der Waals surface area contributed by atoms with E-state index in [-0.39, 0.29) is 5.97 Å². The van der Waals surface area contributed by atoms with Gasteiger partial charge in [0.2, 0.25) is 0 Å². The van der Waals surface area contributed by atoms with Crippen LogP contribution in [0.2, 0.25) is 0 Å². The second-order valence-electron chi connectivity index (χ2n) is 9.92. The first-order valence-corrected chi connectivity index (χ1v) is 14.5. The summed E-state index contributed by atoms with van der Waals surface area (Å²) in [7, 11) is 1.34. The molecule has 35 heavy (non-hydrogen) atoms. The summed E-state index contributed by atoms with van der Waals surface area (Å²) in [5, 5.41) is 0. The van der Waals surface area contributed by atoms with Crippen molar-refractivity contribution in [3.8, 4) is 0 Å². The predicted molar refractivity (Wildman–Crippen MR) is 146 cm³/mol. The van der Waals surface area contributed by atoms with E-state index in [0.29, 0.717) is 17.7 Å². The third-order valence-corrected chi connectivity index (χ3v) is 6.77. The molecule has 1 aromatic rings. The Labute approximate surface area is 215 Å². The summed E-state index contributed by atoms with van der Waals surface area (Å²) in [4.78, 5) is 23.5. The van der Waals surface area contributed by atoms with Crippen molar-refractivity contribution in [1.29, 1.82) is 0 Å². The Hall–Kier alpha value is -1.84. The van der Waals surface area contributed by atoms with Gasteiger partial charge in [-0.15, -0.1) is 0 Å². The highest BCUT2D eigenvalue weighted by Crippen LogP contribution is 2.15. The fourth-order valence-electron chi connectivity index (χ4n) is 4.47. The van der Waals surface area contributed by atoms with Gasteiger partial charge in [0.15, 0.2) is 0 Å². The summed E-state index contributed by atoms with van der Waals surface area (Å²) in [6.07, 6.45) is 27.1. The first kappa shape index (κ1) is 31.2. The van der Waals surface area contributed by atoms with Gasteiger partial charge in [0.05, 0.1) is 24.8 Å². The maximum Gasteiger partial charge on any atom is 0.338 e. The van der Waals surface area contributed by atoms with E-state index in [1.54, 1.807) is 24.3 Å². The zero-order chi connectivity index (χ0) is 25.4. The van der Waals surface area contributed by atoms with E-state index in [1.807, 2.05) is 0 Å². The normalized spacial score (nSPS) is 10.9. The van der Waals surface area contributed by atoms with Crippen molar-refractivity contribution in [2.45, 2.75) is 135 Å². The Balaban J connectivity index is 1.81. The van der Waals surface area contributed by atoms with Crippen LogP contribution in [-0.4, -0.2) is 25.7 Å². The molecule has 0 fully saturated rings. The second kappa shape index (κ2) is 22.6. The van der Waals surface area contributed by atoms with Crippen molar-refractivity contribution in [2.24, 2.45) is 0 Å². The molecule has 1 aromatic carbocycles. The lowest BCUT2D eigenvalue weighted by Crippen LogP contribution is -2.07. The largest absolute Gasteiger partial charge is 0.465 e. The van der Waals surface area contributed by atoms with Crippen LogP contribution in [0.3, 0.4) is 0 Å². The Morgan fingerprint density at radius 1 is 0.514 bits per heavy atom. The summed E-state index contributed by atoms with van der Waals surface area (Å²) in [6, 6.07) is 6.37. The summed E-state index contributed by atoms with van der Waals surface area (Å²) in [6.45, 7) is 2.74. The average molecular weight is 489 g/mol. The Morgan fingerprint density at radius 2 is 0.829 bits per heavy atom. The molecule has 0 radical (unpaired) electrons. The molecule has 4 heteroatoms. The predicted octanol–water partition coefficient (Wildman–Crippen LogP) is 9.45. The molecule has 0 atom stereocenters. The molecular formula is C31H52O4. The van der Waals surface area contributed by atoms with Gasteiger partial charge in [-0.1, -0.05) is 129 Å². The zero-order valence-electron chi connectivity index (χ0n) is 22.8. The van der Waals surface area contributed by atoms with Gasteiger partial charge < -0.3 is 9.47 Å². The molecule has 0 heterocycles. The van der Waals surface area contributed by atoms with Crippen LogP contribution in [0.25, 0.3) is 0 Å². The molecule has 1 rings (SSSR count). The summed E-state index contributed by atoms with van der Waals surface area (Å²) in [5.41, 5.74) is 0.893. The van der Waals surface area contributed by atoms with Crippen molar-refractivity contribution in [3.63, 3.8) is 0 Å². The summed E-state index contributed by atoms with van der Waals surface area (Å²) < 4.78 is 9.99. The van der Waals surface area contributed by atoms with Crippen LogP contribution >= 0.6 is 0 Å². The molecule has 0 amide bonds. The average Bonchev–Trinajstić information content (AvgIpc) is 2.89. The third-order valence-electron chi connectivity index (χ3n) is 6.77. The maximum atomic E-state index is 12.1. The molecule has 200 valence electrons. The first-order chi connectivity index (χ1) is 17.2. The summed E-state index contributed by atoms with van der Waals surface area (Å²) in [5.74, 6) is -0.742. The maximum absolute atomic E-state index is 12.1. The number of unbranched alkanes of at least 4 members (excludes halogenated alkanes) is 19. The van der Waals surface area contributed by atoms with Crippen LogP contribution in [0.15, 0.2) is 24.3 Å². The highest BCUT2D eigenvalue weighted by Gasteiger charge is 2.09. The van der Waals surface area contributed by atoms with Gasteiger partial charge in [0.25, 0.3) is 0 Å². The molecular weight excluding hydrogens is 436 g/mol. The number of esters is 2. The molecule has 0 N–H and O–H groups in total. The van der Waals surface area contributed by atoms with Crippen LogP contribution in [0, 0.1) is 0 Å². The highest BCUT2D eigenvalue weighted by atomic mass is 16.5. The SMILES string of the molecule is CCCCCCCCCCCCCCCCCCCCCCOC(=O)c1ccc(C(=O)OC)cc1. The summed E-state index contributed by atoms with van der Waals surface area (Å²) >= 11 is 0. The quantitative estimate of drug-likeness (QED) is 0.114. The topological polar surface area (TPSA) is 52.6 Å². The lowest BCUT2D eigenvalue weighted by atomic mass is 10.0. The van der Waals surface area contributed by atoms with Crippen molar-refractivity contribution in [2.75, 3.05) is 13.7 Å². The Morgan fingerprint density at radius 3 is 1.17 bits per heavy atom. The van der Waals surface area contributed by atoms with Gasteiger partial charge in [0, 0.05) is 0 Å². The van der Waals surface area contributed by atoms with Crippen LogP contribution in [0.4, 0.5) is 0 Å². The van der Waals surface area contributed by atoms with Crippen LogP contribution in [0.1, 0.15) is 156 Å². The van der Waals surface area contributed by atoms with E-state index in [1.165, 1.54) is 123 Å². The molecule has 0 saturated heterocycles. The lowest BCUT2D eigenvalue weighted by Gasteiger charge is -2.06. The number of hydrogen-bond acceptors (Lipinski definition) is 4. The smallest absolute Gasteiger partial charge is 0.338 e. The van der Waals surface area contributed by atoms with E-state index in [0.717, 1.165) is 12.8 Å². The molecule has 4 nitrogen and oxygen atoms in total. The van der Waals surface area contributed by atoms with Crippen molar-refractivity contribution < 1.29 is 19.1 Å². The number of carbonyl (C=O) groups excluding carboxylic acids is 2. The fraction of sp³-hybridized carbons (Fsp3) is 0.742. The van der Waals surface area contributed by atoms with Crippen LogP contribution < -0.4 is 0 Å². The Kier molecular flexibility index (Phi) is 20.2. The van der Waals surface area contributed by atoms with E-state index in [4.69, 9.17) is 4.74 Å². The van der Waals surface area contributed by atoms with Crippen molar-refractivity contribution in [1.82, 2.24) is 0 Å². The van der Waals surface area contributed by atoms with Gasteiger partial charge in [-0.2, -0.15) is 0 Å². The lowest BCUT2D eigenvalue weighted by molar-refractivity contribution is 0.0495. The zero-order valence-corrected chi connectivity index (χ0v) is 22.8. The van der Waals surface area contributed by atoms with Crippen molar-refractivity contribution >= 4 is 11.9 Å². The monoisotopic (exact) mass is 488 g/mol. The molecule has 0 aliphatic rings. The molecule has 0 aliphatic heterocycles. The minimum Gasteiger partial charge on any atom is -0.465 e. The Bertz CT molecular complexity index is 638. The van der Waals surface area contributed by atoms with E-state index < -0.39 is 5.97 Å². The molecule has 0 aliphatic carbocycles. The van der Waals surface area contributed by atoms with Gasteiger partial charge in [-0.3, -0.25) is 0 Å². The van der Waals surface area contributed by atoms with Crippen LogP contribution in [0.5, 0.6) is 0 Å². The molecule has 0 aromatic heterocycles. The van der Waals surface area contributed by atoms with Gasteiger partial charge in [-0.05, 0) is 30.7 Å². The van der Waals surface area contributed by atoms with E-state index >= 15 is 0 Å². The van der Waals surface area contributed by atoms with Crippen LogP contribution in [-0.2, 0) is 9.47 Å². The third kappa shape index (κ3) is 17.3. The first-order valence-electron chi connectivity index (χ1n) is 14.5. The standard InChI is InChI=1S/C31H52O4/c1-3-4-5-6-7-8-9-10-11-12-13-14-15-16-17-18-19-20-21-22-27-35-31(33)29-25-23-28(24-26-29)30(32)34-2/h23-26H,3-22,27H2,1-2H3. The second-order valence-corrected chi connectivity index (χ2v) is 9.92. The molecule has 0 saturated carbocycles. The highest BCUT2D eigenvalue weighted by molar-refractivity contribution is 5.93. The number of methoxy groups -OCH3 is 1. The molecule has 0 spiro atoms. The molecule has 0 unspecified atom stereocenters. The van der Waals surface area contributed by atoms with Gasteiger partial charge in [-0.25, -0.2) is 9.59 Å². The van der Waals surface area contributed by atoms with E-state index in [2.05, 4.69) is 11.7 Å². The minimum absolute atomic E-state index is 0.334. The number of hydrogen-bond donors (Lipinski definition) is 0. The fourth-order valence-corrected chi connectivity index (χ4v) is 4.47. The van der Waals surface area contributed by atoms with Gasteiger partial charge >= 0.3 is 11.9 Å². The number of carbonyl (C=O) groups is 2. The number of benzene rings is 1. The molecule has 0 bridgehead atoms. The number of rotatable bonds is 23. The van der Waals surface area contributed by atoms with E-state index in [9.17, 15) is 9.59 Å².